The Morgan fingerprint density at radius 1 is 0.625 bits per heavy atom. The van der Waals surface area contributed by atoms with E-state index in [-0.39, 0.29) is 39.7 Å². The summed E-state index contributed by atoms with van der Waals surface area (Å²) in [5.41, 5.74) is -0.283. The van der Waals surface area contributed by atoms with Gasteiger partial charge in [0.05, 0.1) is 5.92 Å². The maximum absolute atomic E-state index is 13.3. The van der Waals surface area contributed by atoms with Gasteiger partial charge >= 0.3 is 0 Å². The number of hydrogen-bond donors (Lipinski definition) is 8. The zero-order chi connectivity index (χ0) is 28.5. The van der Waals surface area contributed by atoms with Crippen molar-refractivity contribution in [3.63, 3.8) is 0 Å². The van der Waals surface area contributed by atoms with E-state index in [1.54, 1.807) is 12.1 Å². The summed E-state index contributed by atoms with van der Waals surface area (Å²) in [5.74, 6) is -5.59. The monoisotopic (exact) mass is 544 g/mol. The van der Waals surface area contributed by atoms with Crippen molar-refractivity contribution in [3.05, 3.63) is 87.6 Å². The molecular formula is C29H20O11. The summed E-state index contributed by atoms with van der Waals surface area (Å²) >= 11 is 0. The lowest BCUT2D eigenvalue weighted by molar-refractivity contribution is 0.221. The Morgan fingerprint density at radius 2 is 1.25 bits per heavy atom. The van der Waals surface area contributed by atoms with Gasteiger partial charge in [0.25, 0.3) is 0 Å². The normalized spacial score (nSPS) is 16.1. The summed E-state index contributed by atoms with van der Waals surface area (Å²) in [6.07, 6.45) is -0.855. The zero-order valence-corrected chi connectivity index (χ0v) is 20.2. The van der Waals surface area contributed by atoms with Gasteiger partial charge < -0.3 is 50.0 Å². The first-order chi connectivity index (χ1) is 19.0. The van der Waals surface area contributed by atoms with E-state index in [9.17, 15) is 45.6 Å². The summed E-state index contributed by atoms with van der Waals surface area (Å²) < 4.78 is 12.2. The van der Waals surface area contributed by atoms with Crippen LogP contribution in [0.1, 0.15) is 28.7 Å². The lowest BCUT2D eigenvalue weighted by atomic mass is 9.84. The Morgan fingerprint density at radius 3 is 1.88 bits per heavy atom. The third-order valence-corrected chi connectivity index (χ3v) is 6.83. The van der Waals surface area contributed by atoms with E-state index in [0.717, 1.165) is 18.2 Å². The highest BCUT2D eigenvalue weighted by Crippen LogP contribution is 2.55. The van der Waals surface area contributed by atoms with Gasteiger partial charge in [0.15, 0.2) is 23.0 Å². The highest BCUT2D eigenvalue weighted by atomic mass is 16.5. The molecule has 2 atom stereocenters. The second kappa shape index (κ2) is 8.67. The molecule has 11 nitrogen and oxygen atoms in total. The Hall–Kier alpha value is -5.71. The molecule has 40 heavy (non-hydrogen) atoms. The molecule has 0 radical (unpaired) electrons. The second-order valence-corrected chi connectivity index (χ2v) is 9.37. The SMILES string of the molecule is O=c1c(O)c(-c2cc(O)c(O)c(O)c2)oc2c3c(cc(O)c12)O[C@H](c1ccc(O)cc1)[C@H]3c1cc(O)cc(O)c1. The Labute approximate surface area is 223 Å². The molecule has 11 heteroatoms. The molecule has 6 rings (SSSR count). The number of benzene rings is 4. The number of hydrogen-bond acceptors (Lipinski definition) is 11. The summed E-state index contributed by atoms with van der Waals surface area (Å²) in [5, 5.41) is 81.2. The molecule has 0 saturated heterocycles. The summed E-state index contributed by atoms with van der Waals surface area (Å²) in [6.45, 7) is 0. The van der Waals surface area contributed by atoms with E-state index in [4.69, 9.17) is 9.15 Å². The number of aromatic hydroxyl groups is 8. The Kier molecular flexibility index (Phi) is 5.33. The van der Waals surface area contributed by atoms with Gasteiger partial charge in [-0.2, -0.15) is 0 Å². The van der Waals surface area contributed by atoms with Crippen LogP contribution in [0.25, 0.3) is 22.3 Å². The summed E-state index contributed by atoms with van der Waals surface area (Å²) in [4.78, 5) is 13.3. The molecule has 1 aliphatic heterocycles. The Bertz CT molecular complexity index is 1850. The number of ether oxygens (including phenoxy) is 1. The van der Waals surface area contributed by atoms with Crippen molar-refractivity contribution in [2.45, 2.75) is 12.0 Å². The molecule has 2 heterocycles. The number of rotatable bonds is 3. The quantitative estimate of drug-likeness (QED) is 0.150. The minimum atomic E-state index is -1.03. The molecular weight excluding hydrogens is 524 g/mol. The van der Waals surface area contributed by atoms with Gasteiger partial charge in [-0.1, -0.05) is 12.1 Å². The van der Waals surface area contributed by atoms with Crippen LogP contribution in [-0.2, 0) is 0 Å². The van der Waals surface area contributed by atoms with Crippen LogP contribution in [-0.4, -0.2) is 40.9 Å². The largest absolute Gasteiger partial charge is 0.508 e. The van der Waals surface area contributed by atoms with E-state index in [2.05, 4.69) is 0 Å². The van der Waals surface area contributed by atoms with Crippen molar-refractivity contribution in [2.24, 2.45) is 0 Å². The molecule has 1 aromatic heterocycles. The fraction of sp³-hybridized carbons (Fsp3) is 0.0690. The fourth-order valence-corrected chi connectivity index (χ4v) is 5.08. The lowest BCUT2D eigenvalue weighted by Crippen LogP contribution is -2.12. The number of fused-ring (bicyclic) bond motifs is 3. The molecule has 0 saturated carbocycles. The minimum absolute atomic E-state index is 0.000391. The number of phenols is 7. The highest BCUT2D eigenvalue weighted by Gasteiger charge is 2.41. The molecule has 5 aromatic rings. The summed E-state index contributed by atoms with van der Waals surface area (Å²) in [6, 6.07) is 13.1. The standard InChI is InChI=1S/C29H20O11/c30-14-3-1-11(2-4-14)27-21(12-5-15(31)9-16(32)6-12)23-20(39-27)10-17(33)22-25(37)26(38)28(40-29(22)23)13-7-18(34)24(36)19(35)8-13/h1-10,21,27,30-36,38H/t21-,27+/m0/s1. The van der Waals surface area contributed by atoms with Crippen LogP contribution in [0.4, 0.5) is 0 Å². The van der Waals surface area contributed by atoms with E-state index in [0.29, 0.717) is 11.1 Å². The first-order valence-corrected chi connectivity index (χ1v) is 11.8. The lowest BCUT2D eigenvalue weighted by Gasteiger charge is -2.21. The van der Waals surface area contributed by atoms with Crippen molar-refractivity contribution in [1.29, 1.82) is 0 Å². The number of phenolic OH excluding ortho intramolecular Hbond substituents is 7. The zero-order valence-electron chi connectivity index (χ0n) is 20.2. The van der Waals surface area contributed by atoms with Crippen molar-refractivity contribution < 1.29 is 50.0 Å². The highest BCUT2D eigenvalue weighted by molar-refractivity contribution is 5.92. The molecule has 0 spiro atoms. The van der Waals surface area contributed by atoms with Gasteiger partial charge in [0.2, 0.25) is 11.2 Å². The topological polar surface area (TPSA) is 201 Å². The second-order valence-electron chi connectivity index (χ2n) is 9.37. The first kappa shape index (κ1) is 24.6. The average Bonchev–Trinajstić information content (AvgIpc) is 3.28. The average molecular weight is 544 g/mol. The van der Waals surface area contributed by atoms with E-state index in [1.165, 1.54) is 30.3 Å². The predicted molar refractivity (Wildman–Crippen MR) is 139 cm³/mol. The van der Waals surface area contributed by atoms with Crippen molar-refractivity contribution in [1.82, 2.24) is 0 Å². The molecule has 0 unspecified atom stereocenters. The van der Waals surface area contributed by atoms with Crippen LogP contribution < -0.4 is 10.2 Å². The van der Waals surface area contributed by atoms with Crippen molar-refractivity contribution in [3.8, 4) is 63.1 Å². The maximum atomic E-state index is 13.3. The smallest absolute Gasteiger partial charge is 0.238 e. The van der Waals surface area contributed by atoms with Crippen LogP contribution >= 0.6 is 0 Å². The third kappa shape index (κ3) is 3.71. The van der Waals surface area contributed by atoms with Gasteiger partial charge in [-0.3, -0.25) is 4.79 Å². The molecule has 0 fully saturated rings. The molecule has 0 aliphatic carbocycles. The van der Waals surface area contributed by atoms with Crippen LogP contribution in [0.5, 0.6) is 51.7 Å². The maximum Gasteiger partial charge on any atom is 0.238 e. The van der Waals surface area contributed by atoms with Crippen molar-refractivity contribution >= 4 is 11.0 Å². The van der Waals surface area contributed by atoms with Gasteiger partial charge in [-0.15, -0.1) is 0 Å². The van der Waals surface area contributed by atoms with Crippen LogP contribution in [0.3, 0.4) is 0 Å². The predicted octanol–water partition coefficient (Wildman–Crippen LogP) is 4.37. The van der Waals surface area contributed by atoms with Gasteiger partial charge in [0.1, 0.15) is 45.8 Å². The van der Waals surface area contributed by atoms with Crippen molar-refractivity contribution in [2.75, 3.05) is 0 Å². The first-order valence-electron chi connectivity index (χ1n) is 11.8. The summed E-state index contributed by atoms with van der Waals surface area (Å²) in [7, 11) is 0. The van der Waals surface area contributed by atoms with Crippen LogP contribution in [0.15, 0.2) is 69.9 Å². The van der Waals surface area contributed by atoms with E-state index < -0.39 is 57.3 Å². The molecule has 0 amide bonds. The van der Waals surface area contributed by atoms with E-state index in [1.807, 2.05) is 0 Å². The van der Waals surface area contributed by atoms with E-state index >= 15 is 0 Å². The molecule has 202 valence electrons. The third-order valence-electron chi connectivity index (χ3n) is 6.83. The van der Waals surface area contributed by atoms with Gasteiger partial charge in [-0.05, 0) is 47.5 Å². The van der Waals surface area contributed by atoms with Gasteiger partial charge in [-0.25, -0.2) is 0 Å². The van der Waals surface area contributed by atoms with Crippen LogP contribution in [0.2, 0.25) is 0 Å². The van der Waals surface area contributed by atoms with Crippen LogP contribution in [0, 0.1) is 0 Å². The molecule has 8 N–H and O–H groups in total. The Balaban J connectivity index is 1.68. The molecule has 4 aromatic carbocycles. The fourth-order valence-electron chi connectivity index (χ4n) is 5.08. The molecule has 0 bridgehead atoms. The molecule has 1 aliphatic rings. The van der Waals surface area contributed by atoms with Gasteiger partial charge in [0, 0.05) is 23.3 Å². The minimum Gasteiger partial charge on any atom is -0.508 e.